The molecule has 0 rings (SSSR count). The van der Waals surface area contributed by atoms with E-state index < -0.39 is 6.09 Å². The SMILES string of the molecule is [CH2]C(C)NC(=O)OC(C)C. The fourth-order valence-corrected chi connectivity index (χ4v) is 0.449. The van der Waals surface area contributed by atoms with Gasteiger partial charge in [-0.25, -0.2) is 4.79 Å². The van der Waals surface area contributed by atoms with Crippen LogP contribution in [0.15, 0.2) is 0 Å². The maximum Gasteiger partial charge on any atom is 0.407 e. The highest BCUT2D eigenvalue weighted by atomic mass is 16.6. The largest absolute Gasteiger partial charge is 0.447 e. The van der Waals surface area contributed by atoms with Gasteiger partial charge in [0, 0.05) is 6.04 Å². The quantitative estimate of drug-likeness (QED) is 0.635. The average Bonchev–Trinajstić information content (AvgIpc) is 1.58. The summed E-state index contributed by atoms with van der Waals surface area (Å²) in [5.74, 6) is 0. The summed E-state index contributed by atoms with van der Waals surface area (Å²) in [5, 5.41) is 2.50. The van der Waals surface area contributed by atoms with Gasteiger partial charge in [-0.15, -0.1) is 0 Å². The molecule has 10 heavy (non-hydrogen) atoms. The fraction of sp³-hybridized carbons (Fsp3) is 0.714. The Balaban J connectivity index is 3.44. The van der Waals surface area contributed by atoms with E-state index in [4.69, 9.17) is 4.74 Å². The van der Waals surface area contributed by atoms with Crippen molar-refractivity contribution < 1.29 is 9.53 Å². The Hall–Kier alpha value is -0.730. The lowest BCUT2D eigenvalue weighted by Gasteiger charge is -2.10. The van der Waals surface area contributed by atoms with Gasteiger partial charge in [-0.1, -0.05) is 0 Å². The predicted molar refractivity (Wildman–Crippen MR) is 39.6 cm³/mol. The van der Waals surface area contributed by atoms with Crippen LogP contribution in [0.2, 0.25) is 0 Å². The second-order valence-electron chi connectivity index (χ2n) is 2.50. The van der Waals surface area contributed by atoms with Gasteiger partial charge in [0.2, 0.25) is 0 Å². The topological polar surface area (TPSA) is 38.3 Å². The molecule has 1 atom stereocenters. The summed E-state index contributed by atoms with van der Waals surface area (Å²) < 4.78 is 4.77. The lowest BCUT2D eigenvalue weighted by atomic mass is 10.4. The monoisotopic (exact) mass is 144 g/mol. The molecule has 0 saturated carbocycles. The van der Waals surface area contributed by atoms with Crippen molar-refractivity contribution in [3.05, 3.63) is 6.92 Å². The molecule has 0 aliphatic rings. The van der Waals surface area contributed by atoms with E-state index in [1.54, 1.807) is 20.8 Å². The number of amides is 1. The molecule has 0 aromatic rings. The molecule has 1 radical (unpaired) electrons. The van der Waals surface area contributed by atoms with Gasteiger partial charge in [0.25, 0.3) is 0 Å². The predicted octanol–water partition coefficient (Wildman–Crippen LogP) is 1.34. The maximum atomic E-state index is 10.7. The Morgan fingerprint density at radius 1 is 1.50 bits per heavy atom. The molecule has 1 N–H and O–H groups in total. The number of rotatable bonds is 2. The summed E-state index contributed by atoms with van der Waals surface area (Å²) in [6, 6.07) is -0.105. The maximum absolute atomic E-state index is 10.7. The minimum atomic E-state index is -0.405. The third kappa shape index (κ3) is 5.41. The number of hydrogen-bond acceptors (Lipinski definition) is 2. The minimum Gasteiger partial charge on any atom is -0.447 e. The Morgan fingerprint density at radius 2 is 2.00 bits per heavy atom. The fourth-order valence-electron chi connectivity index (χ4n) is 0.449. The van der Waals surface area contributed by atoms with Crippen LogP contribution in [0.25, 0.3) is 0 Å². The average molecular weight is 144 g/mol. The van der Waals surface area contributed by atoms with Gasteiger partial charge < -0.3 is 10.1 Å². The number of alkyl carbamates (subject to hydrolysis) is 1. The van der Waals surface area contributed by atoms with Crippen molar-refractivity contribution in [1.29, 1.82) is 0 Å². The summed E-state index contributed by atoms with van der Waals surface area (Å²) in [6.45, 7) is 8.95. The van der Waals surface area contributed by atoms with Gasteiger partial charge in [-0.3, -0.25) is 0 Å². The summed E-state index contributed by atoms with van der Waals surface area (Å²) >= 11 is 0. The number of nitrogens with one attached hydrogen (secondary N) is 1. The third-order valence-electron chi connectivity index (χ3n) is 0.707. The van der Waals surface area contributed by atoms with E-state index in [1.807, 2.05) is 0 Å². The summed E-state index contributed by atoms with van der Waals surface area (Å²) in [4.78, 5) is 10.7. The van der Waals surface area contributed by atoms with Crippen LogP contribution in [0.1, 0.15) is 20.8 Å². The molecule has 0 fully saturated rings. The molecule has 0 heterocycles. The highest BCUT2D eigenvalue weighted by Crippen LogP contribution is 1.88. The first kappa shape index (κ1) is 9.27. The highest BCUT2D eigenvalue weighted by Gasteiger charge is 2.04. The number of ether oxygens (including phenoxy) is 1. The van der Waals surface area contributed by atoms with E-state index in [9.17, 15) is 4.79 Å². The van der Waals surface area contributed by atoms with Crippen molar-refractivity contribution in [2.75, 3.05) is 0 Å². The highest BCUT2D eigenvalue weighted by molar-refractivity contribution is 5.67. The smallest absolute Gasteiger partial charge is 0.407 e. The molecular formula is C7H14NO2. The van der Waals surface area contributed by atoms with E-state index >= 15 is 0 Å². The minimum absolute atomic E-state index is 0.0706. The van der Waals surface area contributed by atoms with Gasteiger partial charge in [0.05, 0.1) is 6.10 Å². The van der Waals surface area contributed by atoms with Crippen LogP contribution in [-0.4, -0.2) is 18.2 Å². The van der Waals surface area contributed by atoms with Crippen molar-refractivity contribution in [1.82, 2.24) is 5.32 Å². The van der Waals surface area contributed by atoms with Crippen molar-refractivity contribution in [3.63, 3.8) is 0 Å². The molecular weight excluding hydrogens is 130 g/mol. The van der Waals surface area contributed by atoms with Gasteiger partial charge in [-0.2, -0.15) is 0 Å². The third-order valence-corrected chi connectivity index (χ3v) is 0.707. The lowest BCUT2D eigenvalue weighted by molar-refractivity contribution is 0.114. The van der Waals surface area contributed by atoms with Crippen molar-refractivity contribution in [2.45, 2.75) is 32.9 Å². The summed E-state index contributed by atoms with van der Waals surface area (Å²) in [7, 11) is 0. The van der Waals surface area contributed by atoms with Crippen molar-refractivity contribution >= 4 is 6.09 Å². The first-order valence-corrected chi connectivity index (χ1v) is 3.32. The van der Waals surface area contributed by atoms with Crippen molar-refractivity contribution in [3.8, 4) is 0 Å². The van der Waals surface area contributed by atoms with Gasteiger partial charge >= 0.3 is 6.09 Å². The Kier molecular flexibility index (Phi) is 3.84. The number of carbonyl (C=O) groups excluding carboxylic acids is 1. The molecule has 0 aromatic heterocycles. The second kappa shape index (κ2) is 4.14. The first-order chi connectivity index (χ1) is 4.52. The molecule has 1 unspecified atom stereocenters. The molecule has 1 amide bonds. The molecule has 0 aliphatic carbocycles. The molecule has 0 aromatic carbocycles. The Bertz CT molecular complexity index is 98.2. The van der Waals surface area contributed by atoms with Crippen LogP contribution >= 0.6 is 0 Å². The van der Waals surface area contributed by atoms with Gasteiger partial charge in [0.1, 0.15) is 0 Å². The zero-order valence-electron chi connectivity index (χ0n) is 6.68. The summed E-state index contributed by atoms with van der Waals surface area (Å²) in [5.41, 5.74) is 0. The van der Waals surface area contributed by atoms with E-state index in [2.05, 4.69) is 12.2 Å². The molecule has 59 valence electrons. The normalized spacial score (nSPS) is 10.2. The van der Waals surface area contributed by atoms with Gasteiger partial charge in [-0.05, 0) is 27.7 Å². The van der Waals surface area contributed by atoms with E-state index in [0.29, 0.717) is 0 Å². The second-order valence-corrected chi connectivity index (χ2v) is 2.50. The van der Waals surface area contributed by atoms with Crippen LogP contribution in [0.5, 0.6) is 0 Å². The van der Waals surface area contributed by atoms with Crippen LogP contribution in [0.4, 0.5) is 4.79 Å². The first-order valence-electron chi connectivity index (χ1n) is 3.32. The van der Waals surface area contributed by atoms with Crippen LogP contribution in [-0.2, 0) is 4.74 Å². The molecule has 0 saturated heterocycles. The Labute approximate surface area is 61.8 Å². The number of carbonyl (C=O) groups is 1. The summed E-state index contributed by atoms with van der Waals surface area (Å²) in [6.07, 6.45) is -0.476. The van der Waals surface area contributed by atoms with Crippen LogP contribution < -0.4 is 5.32 Å². The standard InChI is InChI=1S/C7H14NO2/c1-5(2)8-7(9)10-6(3)4/h5-6H,1H2,2-4H3,(H,8,9). The Morgan fingerprint density at radius 3 is 2.30 bits per heavy atom. The molecule has 3 nitrogen and oxygen atoms in total. The molecule has 0 bridgehead atoms. The lowest BCUT2D eigenvalue weighted by Crippen LogP contribution is -2.32. The zero-order valence-corrected chi connectivity index (χ0v) is 6.68. The van der Waals surface area contributed by atoms with Gasteiger partial charge in [0.15, 0.2) is 0 Å². The van der Waals surface area contributed by atoms with E-state index in [-0.39, 0.29) is 12.1 Å². The molecule has 0 aliphatic heterocycles. The molecule has 0 spiro atoms. The number of hydrogen-bond donors (Lipinski definition) is 1. The van der Waals surface area contributed by atoms with Crippen LogP contribution in [0, 0.1) is 6.92 Å². The van der Waals surface area contributed by atoms with E-state index in [1.165, 1.54) is 0 Å². The molecule has 3 heteroatoms. The van der Waals surface area contributed by atoms with E-state index in [0.717, 1.165) is 0 Å². The van der Waals surface area contributed by atoms with Crippen LogP contribution in [0.3, 0.4) is 0 Å². The van der Waals surface area contributed by atoms with Crippen molar-refractivity contribution in [2.24, 2.45) is 0 Å². The zero-order chi connectivity index (χ0) is 8.15.